The number of fused-ring (bicyclic) bond motifs is 2. The van der Waals surface area contributed by atoms with E-state index in [1.807, 2.05) is 44.7 Å². The number of piperidine rings is 1. The van der Waals surface area contributed by atoms with Gasteiger partial charge in [0.25, 0.3) is 0 Å². The minimum absolute atomic E-state index is 0.174. The molecule has 0 aromatic carbocycles. The molecule has 2 atom stereocenters. The highest BCUT2D eigenvalue weighted by atomic mass is 16.6. The van der Waals surface area contributed by atoms with Gasteiger partial charge in [-0.2, -0.15) is 15.1 Å². The summed E-state index contributed by atoms with van der Waals surface area (Å²) in [7, 11) is 0. The number of amides is 1. The maximum absolute atomic E-state index is 12.8. The molecule has 2 aromatic rings. The van der Waals surface area contributed by atoms with Crippen molar-refractivity contribution in [3.05, 3.63) is 17.8 Å². The second-order valence-electron chi connectivity index (χ2n) is 10.7. The van der Waals surface area contributed by atoms with E-state index in [0.29, 0.717) is 30.8 Å². The molecular weight excluding hydrogens is 448 g/mol. The van der Waals surface area contributed by atoms with Crippen LogP contribution in [0.3, 0.4) is 0 Å². The summed E-state index contributed by atoms with van der Waals surface area (Å²) in [6.07, 6.45) is 3.50. The van der Waals surface area contributed by atoms with E-state index in [2.05, 4.69) is 25.7 Å². The topological polar surface area (TPSA) is 121 Å². The standard InChI is InChI=1S/C24H36N8O3/c1-15-11-20(30-29-15)26-19-14-21(31-7-9-34-10-8-31)28-22(27-19)25-16-12-17-5-6-18(13-16)32(17)23(33)35-24(2,3)4/h11,14,16-18H,5-10,12-13H2,1-4H3,(H3,25,26,27,28,29,30). The Kier molecular flexibility index (Phi) is 6.43. The van der Waals surface area contributed by atoms with Crippen LogP contribution in [0.5, 0.6) is 0 Å². The number of morpholine rings is 1. The number of hydrogen-bond acceptors (Lipinski definition) is 9. The van der Waals surface area contributed by atoms with Crippen molar-refractivity contribution in [1.29, 1.82) is 0 Å². The molecule has 35 heavy (non-hydrogen) atoms. The Hall–Kier alpha value is -3.08. The van der Waals surface area contributed by atoms with E-state index in [1.165, 1.54) is 0 Å². The molecule has 0 saturated carbocycles. The van der Waals surface area contributed by atoms with Crippen LogP contribution in [0.4, 0.5) is 28.2 Å². The lowest BCUT2D eigenvalue weighted by atomic mass is 9.98. The highest BCUT2D eigenvalue weighted by Gasteiger charge is 2.45. The predicted molar refractivity (Wildman–Crippen MR) is 133 cm³/mol. The van der Waals surface area contributed by atoms with Crippen molar-refractivity contribution in [3.63, 3.8) is 0 Å². The van der Waals surface area contributed by atoms with Crippen LogP contribution >= 0.6 is 0 Å². The van der Waals surface area contributed by atoms with Crippen molar-refractivity contribution in [1.82, 2.24) is 25.1 Å². The Morgan fingerprint density at radius 1 is 1.11 bits per heavy atom. The molecule has 2 bridgehead atoms. The number of aromatic nitrogens is 4. The van der Waals surface area contributed by atoms with Crippen molar-refractivity contribution in [2.75, 3.05) is 41.8 Å². The zero-order valence-corrected chi connectivity index (χ0v) is 21.0. The number of aromatic amines is 1. The van der Waals surface area contributed by atoms with Crippen LogP contribution in [0.25, 0.3) is 0 Å². The van der Waals surface area contributed by atoms with Crippen molar-refractivity contribution in [2.45, 2.75) is 77.1 Å². The third kappa shape index (κ3) is 5.61. The molecule has 190 valence electrons. The minimum Gasteiger partial charge on any atom is -0.444 e. The fourth-order valence-corrected chi connectivity index (χ4v) is 5.22. The summed E-state index contributed by atoms with van der Waals surface area (Å²) in [6.45, 7) is 10.6. The van der Waals surface area contributed by atoms with Gasteiger partial charge in [-0.25, -0.2) is 4.79 Å². The highest BCUT2D eigenvalue weighted by Crippen LogP contribution is 2.38. The summed E-state index contributed by atoms with van der Waals surface area (Å²) in [5.41, 5.74) is 0.482. The van der Waals surface area contributed by atoms with Gasteiger partial charge < -0.3 is 29.9 Å². The number of anilines is 4. The minimum atomic E-state index is -0.490. The van der Waals surface area contributed by atoms with Gasteiger partial charge >= 0.3 is 6.09 Å². The molecule has 11 heteroatoms. The first-order chi connectivity index (χ1) is 16.7. The van der Waals surface area contributed by atoms with Gasteiger partial charge in [0.15, 0.2) is 5.82 Å². The highest BCUT2D eigenvalue weighted by molar-refractivity contribution is 5.70. The van der Waals surface area contributed by atoms with E-state index in [4.69, 9.17) is 19.4 Å². The fourth-order valence-electron chi connectivity index (χ4n) is 5.22. The molecule has 2 unspecified atom stereocenters. The predicted octanol–water partition coefficient (Wildman–Crippen LogP) is 3.43. The number of carbonyl (C=O) groups is 1. The molecule has 3 N–H and O–H groups in total. The lowest BCUT2D eigenvalue weighted by Crippen LogP contribution is -2.51. The van der Waals surface area contributed by atoms with Crippen LogP contribution in [0.2, 0.25) is 0 Å². The first kappa shape index (κ1) is 23.7. The van der Waals surface area contributed by atoms with E-state index < -0.39 is 5.60 Å². The number of nitrogens with zero attached hydrogens (tertiary/aromatic N) is 5. The normalized spacial score (nSPS) is 24.4. The monoisotopic (exact) mass is 484 g/mol. The van der Waals surface area contributed by atoms with Gasteiger partial charge in [-0.15, -0.1) is 0 Å². The van der Waals surface area contributed by atoms with Gasteiger partial charge in [-0.1, -0.05) is 0 Å². The molecular formula is C24H36N8O3. The maximum atomic E-state index is 12.8. The lowest BCUT2D eigenvalue weighted by Gasteiger charge is -2.39. The van der Waals surface area contributed by atoms with Crippen LogP contribution in [0.15, 0.2) is 12.1 Å². The zero-order valence-electron chi connectivity index (χ0n) is 21.0. The van der Waals surface area contributed by atoms with Gasteiger partial charge in [0.05, 0.1) is 13.2 Å². The average Bonchev–Trinajstić information content (AvgIpc) is 3.32. The van der Waals surface area contributed by atoms with E-state index in [-0.39, 0.29) is 24.2 Å². The number of hydrogen-bond donors (Lipinski definition) is 3. The van der Waals surface area contributed by atoms with Crippen LogP contribution in [0.1, 0.15) is 52.1 Å². The average molecular weight is 485 g/mol. The molecule has 0 spiro atoms. The van der Waals surface area contributed by atoms with E-state index in [1.54, 1.807) is 0 Å². The Morgan fingerprint density at radius 3 is 2.46 bits per heavy atom. The summed E-state index contributed by atoms with van der Waals surface area (Å²) in [5.74, 6) is 2.84. The Labute approximate surface area is 206 Å². The second kappa shape index (κ2) is 9.52. The van der Waals surface area contributed by atoms with Gasteiger partial charge in [0.2, 0.25) is 5.95 Å². The lowest BCUT2D eigenvalue weighted by molar-refractivity contribution is 0.00682. The second-order valence-corrected chi connectivity index (χ2v) is 10.7. The first-order valence-corrected chi connectivity index (χ1v) is 12.5. The van der Waals surface area contributed by atoms with Crippen LogP contribution in [-0.4, -0.2) is 81.2 Å². The number of nitrogens with one attached hydrogen (secondary N) is 3. The van der Waals surface area contributed by atoms with E-state index >= 15 is 0 Å². The SMILES string of the molecule is Cc1cc(Nc2cc(N3CCOCC3)nc(NC3CC4CCC(C3)N4C(=O)OC(C)(C)C)n2)n[nH]1. The molecule has 3 aliphatic rings. The van der Waals surface area contributed by atoms with E-state index in [9.17, 15) is 4.79 Å². The number of ether oxygens (including phenoxy) is 2. The van der Waals surface area contributed by atoms with Crippen molar-refractivity contribution >= 4 is 29.5 Å². The molecule has 1 amide bonds. The van der Waals surface area contributed by atoms with Gasteiger partial charge in [0, 0.05) is 49.0 Å². The van der Waals surface area contributed by atoms with Crippen molar-refractivity contribution < 1.29 is 14.3 Å². The Morgan fingerprint density at radius 2 is 1.83 bits per heavy atom. The molecule has 3 saturated heterocycles. The Balaban J connectivity index is 1.32. The summed E-state index contributed by atoms with van der Waals surface area (Å²) < 4.78 is 11.2. The molecule has 3 fully saturated rings. The third-order valence-electron chi connectivity index (χ3n) is 6.68. The van der Waals surface area contributed by atoms with Crippen LogP contribution in [-0.2, 0) is 9.47 Å². The number of carbonyl (C=O) groups excluding carboxylic acids is 1. The fraction of sp³-hybridized carbons (Fsp3) is 0.667. The maximum Gasteiger partial charge on any atom is 0.410 e. The molecule has 5 rings (SSSR count). The smallest absolute Gasteiger partial charge is 0.410 e. The van der Waals surface area contributed by atoms with Gasteiger partial charge in [0.1, 0.15) is 17.2 Å². The molecule has 3 aliphatic heterocycles. The summed E-state index contributed by atoms with van der Waals surface area (Å²) in [5, 5.41) is 14.1. The van der Waals surface area contributed by atoms with E-state index in [0.717, 1.165) is 50.3 Å². The molecule has 11 nitrogen and oxygen atoms in total. The summed E-state index contributed by atoms with van der Waals surface area (Å²) >= 11 is 0. The number of H-pyrrole nitrogens is 1. The van der Waals surface area contributed by atoms with Crippen LogP contribution < -0.4 is 15.5 Å². The molecule has 5 heterocycles. The molecule has 0 aliphatic carbocycles. The summed E-state index contributed by atoms with van der Waals surface area (Å²) in [6, 6.07) is 4.43. The largest absolute Gasteiger partial charge is 0.444 e. The van der Waals surface area contributed by atoms with Crippen LogP contribution in [0, 0.1) is 6.92 Å². The molecule has 0 radical (unpaired) electrons. The van der Waals surface area contributed by atoms with Gasteiger partial charge in [-0.05, 0) is 53.4 Å². The summed E-state index contributed by atoms with van der Waals surface area (Å²) in [4.78, 5) is 26.6. The third-order valence-corrected chi connectivity index (χ3v) is 6.68. The molecule has 2 aromatic heterocycles. The first-order valence-electron chi connectivity index (χ1n) is 12.5. The number of rotatable bonds is 5. The quantitative estimate of drug-likeness (QED) is 0.586. The Bertz CT molecular complexity index is 1030. The van der Waals surface area contributed by atoms with Gasteiger partial charge in [-0.3, -0.25) is 5.10 Å². The van der Waals surface area contributed by atoms with Crippen molar-refractivity contribution in [2.24, 2.45) is 0 Å². The van der Waals surface area contributed by atoms with Crippen molar-refractivity contribution in [3.8, 4) is 0 Å². The number of aryl methyl sites for hydroxylation is 1. The zero-order chi connectivity index (χ0) is 24.6.